The van der Waals surface area contributed by atoms with Crippen molar-refractivity contribution < 1.29 is 0 Å². The van der Waals surface area contributed by atoms with E-state index in [1.807, 2.05) is 0 Å². The molecular formula is C45H56Si2. The number of benzene rings is 5. The highest BCUT2D eigenvalue weighted by Crippen LogP contribution is 2.43. The predicted octanol–water partition coefficient (Wildman–Crippen LogP) is 13.7. The zero-order chi connectivity index (χ0) is 34.4. The van der Waals surface area contributed by atoms with Crippen molar-refractivity contribution in [3.63, 3.8) is 0 Å². The van der Waals surface area contributed by atoms with Gasteiger partial charge in [-0.05, 0) is 108 Å². The Morgan fingerprint density at radius 1 is 0.404 bits per heavy atom. The molecule has 5 rings (SSSR count). The molecule has 0 heterocycles. The van der Waals surface area contributed by atoms with Gasteiger partial charge in [0.2, 0.25) is 0 Å². The lowest BCUT2D eigenvalue weighted by molar-refractivity contribution is 0.838. The van der Waals surface area contributed by atoms with Crippen molar-refractivity contribution in [1.82, 2.24) is 0 Å². The van der Waals surface area contributed by atoms with Gasteiger partial charge >= 0.3 is 0 Å². The molecule has 5 aromatic carbocycles. The van der Waals surface area contributed by atoms with Crippen molar-refractivity contribution >= 4 is 59.2 Å². The second kappa shape index (κ2) is 13.3. The fourth-order valence-electron chi connectivity index (χ4n) is 9.25. The Morgan fingerprint density at radius 3 is 1.06 bits per heavy atom. The van der Waals surface area contributed by atoms with E-state index in [-0.39, 0.29) is 0 Å². The van der Waals surface area contributed by atoms with Crippen LogP contribution in [-0.4, -0.2) is 16.1 Å². The van der Waals surface area contributed by atoms with Crippen LogP contribution in [0, 0.1) is 29.9 Å². The summed E-state index contributed by atoms with van der Waals surface area (Å²) in [5.74, 6) is 7.97. The lowest BCUT2D eigenvalue weighted by atomic mass is 9.89. The molecule has 0 aliphatic carbocycles. The molecule has 5 aromatic rings. The van der Waals surface area contributed by atoms with E-state index < -0.39 is 16.1 Å². The molecule has 0 saturated heterocycles. The summed E-state index contributed by atoms with van der Waals surface area (Å²) in [6.07, 6.45) is 0. The lowest BCUT2D eigenvalue weighted by Crippen LogP contribution is -2.43. The summed E-state index contributed by atoms with van der Waals surface area (Å²) in [5, 5.41) is 10.0. The smallest absolute Gasteiger partial charge is 0.125 e. The molecule has 0 amide bonds. The first-order valence-electron chi connectivity index (χ1n) is 18.0. The molecule has 0 unspecified atom stereocenters. The van der Waals surface area contributed by atoms with Gasteiger partial charge in [-0.25, -0.2) is 0 Å². The van der Waals surface area contributed by atoms with Crippen molar-refractivity contribution in [1.29, 1.82) is 0 Å². The first-order valence-corrected chi connectivity index (χ1v) is 22.5. The molecule has 0 aliphatic rings. The Morgan fingerprint density at radius 2 is 0.723 bits per heavy atom. The Labute approximate surface area is 287 Å². The Hall–Kier alpha value is -3.31. The van der Waals surface area contributed by atoms with E-state index in [0.717, 1.165) is 0 Å². The molecule has 244 valence electrons. The molecular weight excluding hydrogens is 597 g/mol. The molecule has 0 spiro atoms. The molecule has 0 bridgehead atoms. The second-order valence-corrected chi connectivity index (χ2v) is 27.2. The Bertz CT molecular complexity index is 2040. The van der Waals surface area contributed by atoms with Crippen LogP contribution in [0.5, 0.6) is 0 Å². The zero-order valence-electron chi connectivity index (χ0n) is 31.3. The standard InChI is InChI=1S/C45H56Si2/c1-29(2)46(30(3)4,31(5)6)22-20-40-42-25-36-16-14-15-17-37(36)26-43(42)41(21-23-47(32(7)8,33(9)10)34(11)12)45-28-39-24-35(13)18-19-38(39)27-44(40)45/h14-19,24-34H,1-13H3. The number of fused-ring (bicyclic) bond motifs is 4. The first-order chi connectivity index (χ1) is 22.1. The van der Waals surface area contributed by atoms with E-state index in [4.69, 9.17) is 0 Å². The summed E-state index contributed by atoms with van der Waals surface area (Å²) in [6, 6.07) is 25.3. The summed E-state index contributed by atoms with van der Waals surface area (Å²) in [4.78, 5) is 0. The third-order valence-corrected chi connectivity index (χ3v) is 24.2. The quantitative estimate of drug-likeness (QED) is 0.0972. The van der Waals surface area contributed by atoms with Crippen molar-refractivity contribution in [3.05, 3.63) is 83.4 Å². The van der Waals surface area contributed by atoms with Gasteiger partial charge in [-0.2, -0.15) is 0 Å². The molecule has 0 aliphatic heterocycles. The van der Waals surface area contributed by atoms with Crippen LogP contribution in [0.4, 0.5) is 0 Å². The van der Waals surface area contributed by atoms with E-state index in [2.05, 4.69) is 180 Å². The summed E-state index contributed by atoms with van der Waals surface area (Å²) in [7, 11) is -3.95. The molecule has 0 radical (unpaired) electrons. The normalized spacial score (nSPS) is 12.7. The van der Waals surface area contributed by atoms with E-state index in [1.165, 1.54) is 59.8 Å². The third kappa shape index (κ3) is 5.98. The highest BCUT2D eigenvalue weighted by molar-refractivity contribution is 6.91. The largest absolute Gasteiger partial charge is 0.146 e. The van der Waals surface area contributed by atoms with Crippen LogP contribution >= 0.6 is 0 Å². The molecule has 0 fully saturated rings. The summed E-state index contributed by atoms with van der Waals surface area (Å²) >= 11 is 0. The van der Waals surface area contributed by atoms with E-state index in [0.29, 0.717) is 33.2 Å². The fraction of sp³-hybridized carbons (Fsp3) is 0.422. The first kappa shape index (κ1) is 35.0. The van der Waals surface area contributed by atoms with Gasteiger partial charge in [-0.1, -0.05) is 143 Å². The van der Waals surface area contributed by atoms with Crippen molar-refractivity contribution in [3.8, 4) is 22.9 Å². The molecule has 0 saturated carbocycles. The molecule has 0 atom stereocenters. The maximum atomic E-state index is 4.12. The van der Waals surface area contributed by atoms with Crippen LogP contribution in [-0.2, 0) is 0 Å². The summed E-state index contributed by atoms with van der Waals surface area (Å²) < 4.78 is 0. The SMILES string of the molecule is Cc1ccc2cc3c(C#C[Si](C(C)C)(C(C)C)C(C)C)c4cc5ccccc5cc4c(C#C[Si](C(C)C)(C(C)C)C(C)C)c3cc2c1. The lowest BCUT2D eigenvalue weighted by Gasteiger charge is -2.38. The van der Waals surface area contributed by atoms with Crippen molar-refractivity contribution in [2.24, 2.45) is 0 Å². The molecule has 47 heavy (non-hydrogen) atoms. The molecule has 0 N–H and O–H groups in total. The summed E-state index contributed by atoms with van der Waals surface area (Å²) in [5.41, 5.74) is 15.3. The van der Waals surface area contributed by atoms with Gasteiger partial charge in [-0.15, -0.1) is 11.1 Å². The monoisotopic (exact) mass is 652 g/mol. The summed E-state index contributed by atoms with van der Waals surface area (Å²) in [6.45, 7) is 31.1. The van der Waals surface area contributed by atoms with Gasteiger partial charge in [0, 0.05) is 11.1 Å². The number of aryl methyl sites for hydroxylation is 1. The molecule has 0 aromatic heterocycles. The van der Waals surface area contributed by atoms with Crippen LogP contribution in [0.2, 0.25) is 33.2 Å². The van der Waals surface area contributed by atoms with Crippen LogP contribution in [0.15, 0.2) is 66.7 Å². The van der Waals surface area contributed by atoms with Gasteiger partial charge in [0.25, 0.3) is 0 Å². The van der Waals surface area contributed by atoms with Gasteiger partial charge in [0.15, 0.2) is 0 Å². The number of hydrogen-bond acceptors (Lipinski definition) is 0. The van der Waals surface area contributed by atoms with Crippen LogP contribution in [0.1, 0.15) is 99.8 Å². The highest BCUT2D eigenvalue weighted by atomic mass is 28.3. The van der Waals surface area contributed by atoms with E-state index >= 15 is 0 Å². The number of rotatable bonds is 6. The topological polar surface area (TPSA) is 0 Å². The minimum atomic E-state index is -1.98. The van der Waals surface area contributed by atoms with Crippen LogP contribution < -0.4 is 0 Å². The molecule has 2 heteroatoms. The Kier molecular flexibility index (Phi) is 9.91. The third-order valence-electron chi connectivity index (χ3n) is 11.6. The fourth-order valence-corrected chi connectivity index (χ4v) is 19.7. The van der Waals surface area contributed by atoms with Crippen molar-refractivity contribution in [2.75, 3.05) is 0 Å². The van der Waals surface area contributed by atoms with E-state index in [1.54, 1.807) is 0 Å². The van der Waals surface area contributed by atoms with Gasteiger partial charge in [-0.3, -0.25) is 0 Å². The van der Waals surface area contributed by atoms with Gasteiger partial charge < -0.3 is 0 Å². The van der Waals surface area contributed by atoms with Crippen molar-refractivity contribution in [2.45, 2.75) is 123 Å². The average Bonchev–Trinajstić information content (AvgIpc) is 2.99. The second-order valence-electron chi connectivity index (χ2n) is 16.0. The highest BCUT2D eigenvalue weighted by Gasteiger charge is 2.42. The molecule has 0 nitrogen and oxygen atoms in total. The average molecular weight is 653 g/mol. The van der Waals surface area contributed by atoms with Crippen LogP contribution in [0.25, 0.3) is 43.1 Å². The van der Waals surface area contributed by atoms with Gasteiger partial charge in [0.1, 0.15) is 16.1 Å². The maximum absolute atomic E-state index is 4.12. The minimum absolute atomic E-state index is 0.572. The van der Waals surface area contributed by atoms with Gasteiger partial charge in [0.05, 0.1) is 0 Å². The minimum Gasteiger partial charge on any atom is -0.125 e. The maximum Gasteiger partial charge on any atom is 0.146 e. The zero-order valence-corrected chi connectivity index (χ0v) is 33.3. The Balaban J connectivity index is 2.04. The van der Waals surface area contributed by atoms with Crippen LogP contribution in [0.3, 0.4) is 0 Å². The van der Waals surface area contributed by atoms with E-state index in [9.17, 15) is 0 Å². The predicted molar refractivity (Wildman–Crippen MR) is 217 cm³/mol. The number of hydrogen-bond donors (Lipinski definition) is 0.